The minimum absolute atomic E-state index is 0.291. The van der Waals surface area contributed by atoms with E-state index in [9.17, 15) is 18.0 Å². The molecule has 1 fully saturated rings. The molecule has 0 bridgehead atoms. The molecule has 1 amide bonds. The summed E-state index contributed by atoms with van der Waals surface area (Å²) in [6.45, 7) is 4.15. The van der Waals surface area contributed by atoms with Crippen molar-refractivity contribution in [2.24, 2.45) is 0 Å². The molecule has 1 aliphatic heterocycles. The molecule has 24 heavy (non-hydrogen) atoms. The molecule has 0 atom stereocenters. The largest absolute Gasteiger partial charge is 0.421 e. The molecule has 0 radical (unpaired) electrons. The highest BCUT2D eigenvalue weighted by molar-refractivity contribution is 14.1. The molecule has 0 saturated carbocycles. The lowest BCUT2D eigenvalue weighted by molar-refractivity contribution is -0.117. The van der Waals surface area contributed by atoms with Crippen LogP contribution in [0.5, 0.6) is 0 Å². The standard InChI is InChI=1S/C14H16F3IN4O2/c1-9(14(15,16)17)12(24-18)13(23)21-10-2-3-11(20-8-10)22-6-4-19-5-7-22/h2-3,8,19H,4-7H2,1H3,(H,21,23)/b12-9+. The number of hydrogen-bond donors (Lipinski definition) is 2. The first-order valence-electron chi connectivity index (χ1n) is 7.12. The highest BCUT2D eigenvalue weighted by Gasteiger charge is 2.36. The van der Waals surface area contributed by atoms with Gasteiger partial charge in [0.25, 0.3) is 5.91 Å². The molecule has 2 N–H and O–H groups in total. The molecule has 0 aromatic carbocycles. The number of alkyl halides is 3. The summed E-state index contributed by atoms with van der Waals surface area (Å²) in [6.07, 6.45) is -3.23. The van der Waals surface area contributed by atoms with E-state index in [-0.39, 0.29) is 0 Å². The third kappa shape index (κ3) is 4.72. The number of halogens is 4. The number of nitrogens with zero attached hydrogens (tertiary/aromatic N) is 2. The molecule has 2 rings (SSSR count). The van der Waals surface area contributed by atoms with E-state index in [4.69, 9.17) is 0 Å². The third-order valence-corrected chi connectivity index (χ3v) is 3.94. The van der Waals surface area contributed by atoms with Gasteiger partial charge in [0.2, 0.25) is 5.76 Å². The Labute approximate surface area is 151 Å². The van der Waals surface area contributed by atoms with Gasteiger partial charge >= 0.3 is 6.18 Å². The highest BCUT2D eigenvalue weighted by atomic mass is 127. The van der Waals surface area contributed by atoms with Crippen LogP contribution in [0.25, 0.3) is 0 Å². The number of hydrogen-bond acceptors (Lipinski definition) is 5. The Bertz CT molecular complexity index is 613. The molecule has 0 unspecified atom stereocenters. The number of carbonyl (C=O) groups is 1. The molecule has 1 aromatic rings. The van der Waals surface area contributed by atoms with Gasteiger partial charge in [-0.2, -0.15) is 13.2 Å². The maximum absolute atomic E-state index is 12.7. The van der Waals surface area contributed by atoms with Gasteiger partial charge in [-0.05, 0) is 19.1 Å². The maximum atomic E-state index is 12.7. The SMILES string of the molecule is C/C(=C(\OI)C(=O)Nc1ccc(N2CCNCC2)nc1)C(F)(F)F. The molecular formula is C14H16F3IN4O2. The number of aromatic nitrogens is 1. The first kappa shape index (κ1) is 18.8. The van der Waals surface area contributed by atoms with E-state index in [2.05, 4.69) is 23.6 Å². The average molecular weight is 456 g/mol. The Morgan fingerprint density at radius 1 is 1.38 bits per heavy atom. The molecule has 0 aliphatic carbocycles. The smallest absolute Gasteiger partial charge is 0.416 e. The fourth-order valence-corrected chi connectivity index (χ4v) is 2.65. The van der Waals surface area contributed by atoms with Crippen molar-refractivity contribution < 1.29 is 21.0 Å². The summed E-state index contributed by atoms with van der Waals surface area (Å²) in [6, 6.07) is 3.31. The Hall–Kier alpha value is -1.56. The monoisotopic (exact) mass is 456 g/mol. The van der Waals surface area contributed by atoms with E-state index >= 15 is 0 Å². The van der Waals surface area contributed by atoms with Crippen LogP contribution in [-0.2, 0) is 7.86 Å². The van der Waals surface area contributed by atoms with Gasteiger partial charge < -0.3 is 18.6 Å². The van der Waals surface area contributed by atoms with Crippen LogP contribution in [0.3, 0.4) is 0 Å². The number of nitrogens with one attached hydrogen (secondary N) is 2. The molecule has 132 valence electrons. The maximum Gasteiger partial charge on any atom is 0.416 e. The number of anilines is 2. The van der Waals surface area contributed by atoms with Crippen LogP contribution in [0, 0.1) is 0 Å². The van der Waals surface area contributed by atoms with Crippen LogP contribution in [0.4, 0.5) is 24.7 Å². The van der Waals surface area contributed by atoms with E-state index in [0.717, 1.165) is 38.9 Å². The molecule has 10 heteroatoms. The van der Waals surface area contributed by atoms with Crippen LogP contribution in [0.15, 0.2) is 29.7 Å². The Morgan fingerprint density at radius 3 is 2.54 bits per heavy atom. The van der Waals surface area contributed by atoms with Gasteiger partial charge in [-0.1, -0.05) is 0 Å². The normalized spacial score (nSPS) is 16.5. The van der Waals surface area contributed by atoms with Gasteiger partial charge in [-0.3, -0.25) is 4.79 Å². The van der Waals surface area contributed by atoms with Crippen molar-refractivity contribution in [3.8, 4) is 0 Å². The molecule has 6 nitrogen and oxygen atoms in total. The summed E-state index contributed by atoms with van der Waals surface area (Å²) < 4.78 is 42.7. The molecular weight excluding hydrogens is 440 g/mol. The fourth-order valence-electron chi connectivity index (χ4n) is 2.12. The lowest BCUT2D eigenvalue weighted by Gasteiger charge is -2.28. The van der Waals surface area contributed by atoms with Crippen molar-refractivity contribution in [3.63, 3.8) is 0 Å². The minimum Gasteiger partial charge on any atom is -0.421 e. The minimum atomic E-state index is -4.64. The molecule has 1 aromatic heterocycles. The first-order chi connectivity index (χ1) is 11.3. The van der Waals surface area contributed by atoms with Crippen LogP contribution < -0.4 is 15.5 Å². The fraction of sp³-hybridized carbons (Fsp3) is 0.429. The average Bonchev–Trinajstić information content (AvgIpc) is 2.56. The van der Waals surface area contributed by atoms with Crippen molar-refractivity contribution >= 4 is 40.4 Å². The van der Waals surface area contributed by atoms with Gasteiger partial charge in [-0.25, -0.2) is 4.98 Å². The number of rotatable bonds is 4. The van der Waals surface area contributed by atoms with Crippen molar-refractivity contribution in [1.82, 2.24) is 10.3 Å². The lowest BCUT2D eigenvalue weighted by atomic mass is 10.2. The second kappa shape index (κ2) is 8.01. The van der Waals surface area contributed by atoms with E-state index in [1.54, 1.807) is 12.1 Å². The van der Waals surface area contributed by atoms with Crippen molar-refractivity contribution in [2.45, 2.75) is 13.1 Å². The number of amides is 1. The van der Waals surface area contributed by atoms with E-state index < -0.39 is 23.4 Å². The zero-order valence-electron chi connectivity index (χ0n) is 12.8. The van der Waals surface area contributed by atoms with Crippen molar-refractivity contribution in [3.05, 3.63) is 29.7 Å². The van der Waals surface area contributed by atoms with Crippen LogP contribution in [0.1, 0.15) is 6.92 Å². The number of pyridine rings is 1. The summed E-state index contributed by atoms with van der Waals surface area (Å²) in [4.78, 5) is 18.3. The molecule has 1 saturated heterocycles. The van der Waals surface area contributed by atoms with E-state index in [0.29, 0.717) is 5.69 Å². The Balaban J connectivity index is 2.08. The highest BCUT2D eigenvalue weighted by Crippen LogP contribution is 2.29. The van der Waals surface area contributed by atoms with Crippen LogP contribution in [0.2, 0.25) is 0 Å². The Morgan fingerprint density at radius 2 is 2.04 bits per heavy atom. The molecule has 0 spiro atoms. The second-order valence-electron chi connectivity index (χ2n) is 5.13. The molecule has 1 aliphatic rings. The topological polar surface area (TPSA) is 66.5 Å². The number of carbonyl (C=O) groups excluding carboxylic acids is 1. The third-order valence-electron chi connectivity index (χ3n) is 3.50. The van der Waals surface area contributed by atoms with E-state index in [1.807, 2.05) is 0 Å². The summed E-state index contributed by atoms with van der Waals surface area (Å²) in [7, 11) is 0. The van der Waals surface area contributed by atoms with E-state index in [1.165, 1.54) is 29.2 Å². The first-order valence-corrected chi connectivity index (χ1v) is 8.00. The summed E-state index contributed by atoms with van der Waals surface area (Å²) >= 11 is 1.25. The van der Waals surface area contributed by atoms with Gasteiger partial charge in [0.15, 0.2) is 23.0 Å². The quantitative estimate of drug-likeness (QED) is 0.415. The summed E-state index contributed by atoms with van der Waals surface area (Å²) in [5.41, 5.74) is -0.806. The summed E-state index contributed by atoms with van der Waals surface area (Å²) in [5.74, 6) is -1.01. The van der Waals surface area contributed by atoms with Gasteiger partial charge in [0.05, 0.1) is 17.5 Å². The number of piperazine rings is 1. The van der Waals surface area contributed by atoms with Gasteiger partial charge in [-0.15, -0.1) is 0 Å². The summed E-state index contributed by atoms with van der Waals surface area (Å²) in [5, 5.41) is 5.58. The molecule has 2 heterocycles. The van der Waals surface area contributed by atoms with Gasteiger partial charge in [0.1, 0.15) is 5.82 Å². The van der Waals surface area contributed by atoms with Crippen LogP contribution in [-0.4, -0.2) is 43.2 Å². The predicted molar refractivity (Wildman–Crippen MR) is 91.8 cm³/mol. The lowest BCUT2D eigenvalue weighted by Crippen LogP contribution is -2.43. The van der Waals surface area contributed by atoms with Crippen molar-refractivity contribution in [1.29, 1.82) is 0 Å². The zero-order valence-corrected chi connectivity index (χ0v) is 14.9. The zero-order chi connectivity index (χ0) is 17.7. The Kier molecular flexibility index (Phi) is 6.27. The van der Waals surface area contributed by atoms with Gasteiger partial charge in [0, 0.05) is 26.2 Å². The van der Waals surface area contributed by atoms with Crippen LogP contribution >= 0.6 is 23.0 Å². The predicted octanol–water partition coefficient (Wildman–Crippen LogP) is 2.63. The second-order valence-corrected chi connectivity index (χ2v) is 5.57. The number of allylic oxidation sites excluding steroid dienone is 1. The van der Waals surface area contributed by atoms with Crippen molar-refractivity contribution in [2.75, 3.05) is 36.4 Å².